The molecule has 0 saturated heterocycles. The predicted molar refractivity (Wildman–Crippen MR) is 83.5 cm³/mol. The standard InChI is InChI=1S/C15H13Br2FO2/c1-20-15-5-2-9(6-13(15)18)7-14(19)11-8-10(16)3-4-12(11)17/h2-6,8,14,19H,7H2,1H3. The van der Waals surface area contributed by atoms with E-state index >= 15 is 0 Å². The molecule has 0 bridgehead atoms. The predicted octanol–water partition coefficient (Wildman–Crippen LogP) is 4.64. The van der Waals surface area contributed by atoms with Gasteiger partial charge in [0.1, 0.15) is 0 Å². The summed E-state index contributed by atoms with van der Waals surface area (Å²) in [6, 6.07) is 10.3. The zero-order valence-electron chi connectivity index (χ0n) is 10.7. The molecule has 20 heavy (non-hydrogen) atoms. The summed E-state index contributed by atoms with van der Waals surface area (Å²) in [6.07, 6.45) is -0.384. The van der Waals surface area contributed by atoms with Crippen molar-refractivity contribution in [1.29, 1.82) is 0 Å². The van der Waals surface area contributed by atoms with Crippen LogP contribution in [-0.2, 0) is 6.42 Å². The van der Waals surface area contributed by atoms with Gasteiger partial charge >= 0.3 is 0 Å². The lowest BCUT2D eigenvalue weighted by molar-refractivity contribution is 0.177. The summed E-state index contributed by atoms with van der Waals surface area (Å²) in [5.74, 6) is -0.225. The fraction of sp³-hybridized carbons (Fsp3) is 0.200. The number of halogens is 3. The Morgan fingerprint density at radius 1 is 1.20 bits per heavy atom. The Hall–Kier alpha value is -0.910. The van der Waals surface area contributed by atoms with Crippen LogP contribution in [0.5, 0.6) is 5.75 Å². The van der Waals surface area contributed by atoms with Crippen molar-refractivity contribution in [2.24, 2.45) is 0 Å². The molecule has 0 aliphatic carbocycles. The van der Waals surface area contributed by atoms with Gasteiger partial charge in [0.2, 0.25) is 0 Å². The van der Waals surface area contributed by atoms with Gasteiger partial charge in [-0.2, -0.15) is 0 Å². The third kappa shape index (κ3) is 3.59. The first-order valence-corrected chi connectivity index (χ1v) is 7.55. The molecule has 1 unspecified atom stereocenters. The van der Waals surface area contributed by atoms with Gasteiger partial charge in [0.25, 0.3) is 0 Å². The van der Waals surface area contributed by atoms with E-state index in [1.807, 2.05) is 18.2 Å². The van der Waals surface area contributed by atoms with Crippen LogP contribution in [0.4, 0.5) is 4.39 Å². The van der Waals surface area contributed by atoms with E-state index in [0.717, 1.165) is 14.5 Å². The Morgan fingerprint density at radius 3 is 2.60 bits per heavy atom. The van der Waals surface area contributed by atoms with E-state index in [2.05, 4.69) is 31.9 Å². The van der Waals surface area contributed by atoms with Crippen LogP contribution in [0.3, 0.4) is 0 Å². The summed E-state index contributed by atoms with van der Waals surface area (Å²) in [5.41, 5.74) is 1.47. The highest BCUT2D eigenvalue weighted by molar-refractivity contribution is 9.11. The molecule has 5 heteroatoms. The Balaban J connectivity index is 2.21. The Kier molecular flexibility index (Phi) is 5.18. The molecule has 0 spiro atoms. The summed E-state index contributed by atoms with van der Waals surface area (Å²) in [4.78, 5) is 0. The molecule has 2 aromatic carbocycles. The van der Waals surface area contributed by atoms with Crippen molar-refractivity contribution in [2.75, 3.05) is 7.11 Å². The van der Waals surface area contributed by atoms with Gasteiger partial charge in [0, 0.05) is 15.4 Å². The van der Waals surface area contributed by atoms with Gasteiger partial charge in [-0.3, -0.25) is 0 Å². The molecule has 0 amide bonds. The zero-order valence-corrected chi connectivity index (χ0v) is 13.9. The minimum atomic E-state index is -0.713. The van der Waals surface area contributed by atoms with Gasteiger partial charge in [-0.1, -0.05) is 37.9 Å². The van der Waals surface area contributed by atoms with E-state index in [4.69, 9.17) is 4.74 Å². The minimum absolute atomic E-state index is 0.201. The van der Waals surface area contributed by atoms with Crippen molar-refractivity contribution in [3.63, 3.8) is 0 Å². The summed E-state index contributed by atoms with van der Waals surface area (Å²) in [7, 11) is 1.42. The number of aliphatic hydroxyl groups is 1. The van der Waals surface area contributed by atoms with Crippen LogP contribution in [0, 0.1) is 5.82 Å². The molecule has 0 radical (unpaired) electrons. The molecule has 0 aliphatic heterocycles. The number of benzene rings is 2. The van der Waals surface area contributed by atoms with Gasteiger partial charge in [0.05, 0.1) is 13.2 Å². The lowest BCUT2D eigenvalue weighted by atomic mass is 10.0. The molecule has 0 saturated carbocycles. The van der Waals surface area contributed by atoms with Crippen LogP contribution in [0.1, 0.15) is 17.2 Å². The van der Waals surface area contributed by atoms with Gasteiger partial charge in [-0.15, -0.1) is 0 Å². The molecule has 2 aromatic rings. The lowest BCUT2D eigenvalue weighted by Crippen LogP contribution is -2.03. The van der Waals surface area contributed by atoms with E-state index in [0.29, 0.717) is 12.0 Å². The number of rotatable bonds is 4. The highest BCUT2D eigenvalue weighted by Gasteiger charge is 2.14. The van der Waals surface area contributed by atoms with Crippen LogP contribution >= 0.6 is 31.9 Å². The van der Waals surface area contributed by atoms with Crippen LogP contribution in [0.2, 0.25) is 0 Å². The van der Waals surface area contributed by atoms with Crippen molar-refractivity contribution >= 4 is 31.9 Å². The SMILES string of the molecule is COc1ccc(CC(O)c2cc(Br)ccc2Br)cc1F. The first kappa shape index (κ1) is 15.5. The van der Waals surface area contributed by atoms with E-state index in [1.165, 1.54) is 13.2 Å². The van der Waals surface area contributed by atoms with Crippen molar-refractivity contribution < 1.29 is 14.2 Å². The molecule has 106 valence electrons. The molecule has 0 fully saturated rings. The molecular weight excluding hydrogens is 391 g/mol. The molecule has 0 aliphatic rings. The Morgan fingerprint density at radius 2 is 1.95 bits per heavy atom. The maximum atomic E-state index is 13.6. The second kappa shape index (κ2) is 6.70. The van der Waals surface area contributed by atoms with E-state index in [9.17, 15) is 9.50 Å². The van der Waals surface area contributed by atoms with Crippen LogP contribution in [0.15, 0.2) is 45.3 Å². The topological polar surface area (TPSA) is 29.5 Å². The molecule has 0 heterocycles. The number of ether oxygens (including phenoxy) is 1. The second-order valence-electron chi connectivity index (χ2n) is 4.35. The normalized spacial score (nSPS) is 12.2. The third-order valence-electron chi connectivity index (χ3n) is 2.96. The van der Waals surface area contributed by atoms with Crippen LogP contribution in [-0.4, -0.2) is 12.2 Å². The van der Waals surface area contributed by atoms with Crippen molar-refractivity contribution in [2.45, 2.75) is 12.5 Å². The van der Waals surface area contributed by atoms with Crippen molar-refractivity contribution in [1.82, 2.24) is 0 Å². The average molecular weight is 404 g/mol. The molecule has 2 nitrogen and oxygen atoms in total. The molecular formula is C15H13Br2FO2. The molecule has 1 atom stereocenters. The molecule has 2 rings (SSSR count). The Labute approximate surface area is 133 Å². The first-order valence-electron chi connectivity index (χ1n) is 5.96. The first-order chi connectivity index (χ1) is 9.51. The zero-order chi connectivity index (χ0) is 14.7. The largest absolute Gasteiger partial charge is 0.494 e. The van der Waals surface area contributed by atoms with Crippen LogP contribution < -0.4 is 4.74 Å². The highest BCUT2D eigenvalue weighted by atomic mass is 79.9. The quantitative estimate of drug-likeness (QED) is 0.805. The summed E-state index contributed by atoms with van der Waals surface area (Å²) < 4.78 is 20.2. The van der Waals surface area contributed by atoms with Crippen LogP contribution in [0.25, 0.3) is 0 Å². The molecule has 0 aromatic heterocycles. The van der Waals surface area contributed by atoms with E-state index < -0.39 is 11.9 Å². The maximum Gasteiger partial charge on any atom is 0.165 e. The maximum absolute atomic E-state index is 13.6. The molecule has 1 N–H and O–H groups in total. The smallest absolute Gasteiger partial charge is 0.165 e. The van der Waals surface area contributed by atoms with Gasteiger partial charge < -0.3 is 9.84 Å². The lowest BCUT2D eigenvalue weighted by Gasteiger charge is -2.14. The highest BCUT2D eigenvalue weighted by Crippen LogP contribution is 2.29. The minimum Gasteiger partial charge on any atom is -0.494 e. The monoisotopic (exact) mass is 402 g/mol. The number of hydrogen-bond donors (Lipinski definition) is 1. The van der Waals surface area contributed by atoms with Crippen molar-refractivity contribution in [3.05, 3.63) is 62.3 Å². The van der Waals surface area contributed by atoms with Crippen molar-refractivity contribution in [3.8, 4) is 5.75 Å². The number of aliphatic hydroxyl groups excluding tert-OH is 1. The fourth-order valence-electron chi connectivity index (χ4n) is 1.94. The number of methoxy groups -OCH3 is 1. The Bertz CT molecular complexity index is 617. The van der Waals surface area contributed by atoms with Gasteiger partial charge in [-0.05, 0) is 41.5 Å². The summed E-state index contributed by atoms with van der Waals surface area (Å²) in [6.45, 7) is 0. The third-order valence-corrected chi connectivity index (χ3v) is 4.18. The number of hydrogen-bond acceptors (Lipinski definition) is 2. The van der Waals surface area contributed by atoms with Gasteiger partial charge in [-0.25, -0.2) is 4.39 Å². The van der Waals surface area contributed by atoms with E-state index in [1.54, 1.807) is 12.1 Å². The fourth-order valence-corrected chi connectivity index (χ4v) is 2.83. The summed E-state index contributed by atoms with van der Waals surface area (Å²) in [5, 5.41) is 10.3. The van der Waals surface area contributed by atoms with Gasteiger partial charge in [0.15, 0.2) is 11.6 Å². The average Bonchev–Trinajstić information content (AvgIpc) is 2.41. The second-order valence-corrected chi connectivity index (χ2v) is 6.12. The van der Waals surface area contributed by atoms with E-state index in [-0.39, 0.29) is 5.75 Å². The summed E-state index contributed by atoms with van der Waals surface area (Å²) >= 11 is 6.78.